The van der Waals surface area contributed by atoms with Crippen LogP contribution in [0.3, 0.4) is 0 Å². The zero-order chi connectivity index (χ0) is 34.2. The molecule has 6 rings (SSSR count). The van der Waals surface area contributed by atoms with Gasteiger partial charge in [-0.1, -0.05) is 41.9 Å². The first kappa shape index (κ1) is 33.7. The van der Waals surface area contributed by atoms with Crippen LogP contribution in [0.15, 0.2) is 55.1 Å². The smallest absolute Gasteiger partial charge is 0.410 e. The summed E-state index contributed by atoms with van der Waals surface area (Å²) in [5, 5.41) is 12.7. The van der Waals surface area contributed by atoms with Gasteiger partial charge < -0.3 is 24.4 Å². The number of ether oxygens (including phenoxy) is 2. The molecule has 0 saturated carbocycles. The molecule has 2 aliphatic heterocycles. The number of carbonyl (C=O) groups excluding carboxylic acids is 1. The third kappa shape index (κ3) is 7.00. The van der Waals surface area contributed by atoms with Crippen LogP contribution in [0.4, 0.5) is 15.0 Å². The molecule has 1 N–H and O–H groups in total. The molecule has 3 heterocycles. The minimum atomic E-state index is -0.624. The monoisotopic (exact) mass is 675 g/mol. The van der Waals surface area contributed by atoms with Crippen molar-refractivity contribution in [2.45, 2.75) is 64.1 Å². The average molecular weight is 676 g/mol. The van der Waals surface area contributed by atoms with Gasteiger partial charge in [-0.25, -0.2) is 9.18 Å². The van der Waals surface area contributed by atoms with Crippen LogP contribution >= 0.6 is 11.6 Å². The second kappa shape index (κ2) is 13.8. The van der Waals surface area contributed by atoms with Crippen LogP contribution in [0.5, 0.6) is 11.8 Å². The molecule has 2 fully saturated rings. The predicted octanol–water partition coefficient (Wildman–Crippen LogP) is 7.81. The van der Waals surface area contributed by atoms with E-state index in [1.165, 1.54) is 6.07 Å². The maximum absolute atomic E-state index is 16.9. The number of aromatic nitrogens is 2. The largest absolute Gasteiger partial charge is 0.508 e. The highest BCUT2D eigenvalue weighted by atomic mass is 35.5. The highest BCUT2D eigenvalue weighted by Gasteiger charge is 2.45. The maximum atomic E-state index is 16.9. The first-order chi connectivity index (χ1) is 22.9. The summed E-state index contributed by atoms with van der Waals surface area (Å²) in [6, 6.07) is 12.2. The van der Waals surface area contributed by atoms with Crippen LogP contribution in [0, 0.1) is 5.82 Å². The van der Waals surface area contributed by atoms with Gasteiger partial charge in [0, 0.05) is 37.1 Å². The molecule has 254 valence electrons. The van der Waals surface area contributed by atoms with Gasteiger partial charge in [0.1, 0.15) is 22.7 Å². The first-order valence-electron chi connectivity index (χ1n) is 16.5. The topological polar surface area (TPSA) is 91.3 Å². The summed E-state index contributed by atoms with van der Waals surface area (Å²) < 4.78 is 28.7. The normalized spacial score (nSPS) is 17.8. The van der Waals surface area contributed by atoms with E-state index in [1.54, 1.807) is 12.1 Å². The highest BCUT2D eigenvalue weighted by Crippen LogP contribution is 2.43. The summed E-state index contributed by atoms with van der Waals surface area (Å²) in [7, 11) is 2.05. The summed E-state index contributed by atoms with van der Waals surface area (Å²) >= 11 is 6.90. The molecule has 0 radical (unpaired) electrons. The Labute approximate surface area is 285 Å². The molecule has 3 aromatic carbocycles. The molecule has 0 aliphatic carbocycles. The first-order valence-corrected chi connectivity index (χ1v) is 16.9. The lowest BCUT2D eigenvalue weighted by Crippen LogP contribution is -2.57. The van der Waals surface area contributed by atoms with E-state index in [2.05, 4.69) is 21.4 Å². The van der Waals surface area contributed by atoms with Crippen molar-refractivity contribution >= 4 is 45.2 Å². The standard InChI is InChI=1S/C37H43ClFN5O4/c1-6-7-15-42(5)16-10-17-47-35-40-33-29(20-30(38)31(32(33)39)28-19-26(45)18-23-11-8-9-12-27(23)28)34(41-35)43-21-24-13-14-25(22-43)44(24)36(46)48-37(2,3)4/h6,8-9,11-12,18-20,24-25,45H,1,7,10,13-17,21-22H2,2-5H3. The molecule has 0 spiro atoms. The van der Waals surface area contributed by atoms with Crippen molar-refractivity contribution in [2.75, 3.05) is 44.7 Å². The van der Waals surface area contributed by atoms with E-state index in [4.69, 9.17) is 26.1 Å². The maximum Gasteiger partial charge on any atom is 0.410 e. The number of aromatic hydroxyl groups is 1. The minimum Gasteiger partial charge on any atom is -0.508 e. The number of amides is 1. The van der Waals surface area contributed by atoms with Crippen molar-refractivity contribution in [2.24, 2.45) is 0 Å². The van der Waals surface area contributed by atoms with Gasteiger partial charge in [0.2, 0.25) is 0 Å². The second-order valence-corrected chi connectivity index (χ2v) is 14.2. The van der Waals surface area contributed by atoms with Gasteiger partial charge in [0.05, 0.1) is 23.7 Å². The number of halogens is 2. The van der Waals surface area contributed by atoms with Crippen LogP contribution in [0.2, 0.25) is 5.02 Å². The SMILES string of the molecule is C=CCCN(C)CCCOc1nc(N2CC3CCC(C2)N3C(=O)OC(C)(C)C)c2cc(Cl)c(-c3cc(O)cc4ccccc34)c(F)c2n1. The van der Waals surface area contributed by atoms with Crippen molar-refractivity contribution in [3.05, 3.63) is 66.0 Å². The molecule has 9 nitrogen and oxygen atoms in total. The third-order valence-electron chi connectivity index (χ3n) is 8.97. The number of phenols is 1. The van der Waals surface area contributed by atoms with Gasteiger partial charge in [-0.05, 0) is 88.0 Å². The van der Waals surface area contributed by atoms with Crippen molar-refractivity contribution < 1.29 is 23.8 Å². The number of fused-ring (bicyclic) bond motifs is 4. The Kier molecular flexibility index (Phi) is 9.67. The lowest BCUT2D eigenvalue weighted by Gasteiger charge is -2.42. The fourth-order valence-corrected chi connectivity index (χ4v) is 7.12. The number of piperazine rings is 1. The number of benzene rings is 3. The molecular weight excluding hydrogens is 633 g/mol. The lowest BCUT2D eigenvalue weighted by atomic mass is 9.96. The minimum absolute atomic E-state index is 0.00283. The van der Waals surface area contributed by atoms with Gasteiger partial charge in [-0.15, -0.1) is 6.58 Å². The van der Waals surface area contributed by atoms with E-state index in [0.29, 0.717) is 36.5 Å². The number of nitrogens with zero attached hydrogens (tertiary/aromatic N) is 5. The van der Waals surface area contributed by atoms with Crippen molar-refractivity contribution in [1.29, 1.82) is 0 Å². The van der Waals surface area contributed by atoms with Crippen LogP contribution in [-0.4, -0.2) is 88.5 Å². The molecule has 2 unspecified atom stereocenters. The Morgan fingerprint density at radius 3 is 2.56 bits per heavy atom. The third-order valence-corrected chi connectivity index (χ3v) is 9.27. The van der Waals surface area contributed by atoms with Gasteiger partial charge in [-0.2, -0.15) is 9.97 Å². The van der Waals surface area contributed by atoms with Crippen molar-refractivity contribution in [1.82, 2.24) is 19.8 Å². The molecular formula is C37H43ClFN5O4. The zero-order valence-electron chi connectivity index (χ0n) is 28.0. The Bertz CT molecular complexity index is 1830. The molecule has 2 atom stereocenters. The quantitative estimate of drug-likeness (QED) is 0.134. The van der Waals surface area contributed by atoms with E-state index >= 15 is 4.39 Å². The number of phenolic OH excluding ortho intramolecular Hbond substituents is 1. The zero-order valence-corrected chi connectivity index (χ0v) is 28.8. The van der Waals surface area contributed by atoms with Gasteiger partial charge in [0.15, 0.2) is 5.82 Å². The molecule has 2 saturated heterocycles. The lowest BCUT2D eigenvalue weighted by molar-refractivity contribution is 0.0122. The Balaban J connectivity index is 1.39. The molecule has 48 heavy (non-hydrogen) atoms. The molecule has 1 amide bonds. The van der Waals surface area contributed by atoms with E-state index in [-0.39, 0.29) is 46.0 Å². The van der Waals surface area contributed by atoms with Crippen LogP contribution < -0.4 is 9.64 Å². The average Bonchev–Trinajstić information content (AvgIpc) is 3.30. The van der Waals surface area contributed by atoms with Crippen LogP contribution in [0.1, 0.15) is 46.5 Å². The van der Waals surface area contributed by atoms with Gasteiger partial charge in [-0.3, -0.25) is 4.90 Å². The second-order valence-electron chi connectivity index (χ2n) is 13.7. The molecule has 2 bridgehead atoms. The summed E-state index contributed by atoms with van der Waals surface area (Å²) in [6.07, 6.45) is 4.86. The Hall–Kier alpha value is -4.15. The van der Waals surface area contributed by atoms with E-state index in [0.717, 1.165) is 49.5 Å². The molecule has 1 aromatic heterocycles. The predicted molar refractivity (Wildman–Crippen MR) is 189 cm³/mol. The highest BCUT2D eigenvalue weighted by molar-refractivity contribution is 6.35. The Morgan fingerprint density at radius 2 is 1.85 bits per heavy atom. The van der Waals surface area contributed by atoms with Crippen molar-refractivity contribution in [3.63, 3.8) is 0 Å². The Morgan fingerprint density at radius 1 is 1.12 bits per heavy atom. The number of carbonyl (C=O) groups is 1. The number of hydrogen-bond donors (Lipinski definition) is 1. The van der Waals surface area contributed by atoms with E-state index in [9.17, 15) is 9.90 Å². The number of rotatable bonds is 10. The van der Waals surface area contributed by atoms with Gasteiger partial charge >= 0.3 is 12.1 Å². The molecule has 2 aliphatic rings. The summed E-state index contributed by atoms with van der Waals surface area (Å²) in [5.41, 5.74) is 0.0809. The van der Waals surface area contributed by atoms with Gasteiger partial charge in [0.25, 0.3) is 0 Å². The molecule has 4 aromatic rings. The fraction of sp³-hybridized carbons (Fsp3) is 0.432. The fourth-order valence-electron chi connectivity index (χ4n) is 6.82. The number of hydrogen-bond acceptors (Lipinski definition) is 8. The summed E-state index contributed by atoms with van der Waals surface area (Å²) in [6.45, 7) is 12.4. The van der Waals surface area contributed by atoms with Crippen LogP contribution in [0.25, 0.3) is 32.8 Å². The van der Waals surface area contributed by atoms with E-state index < -0.39 is 11.4 Å². The number of anilines is 1. The summed E-state index contributed by atoms with van der Waals surface area (Å²) in [4.78, 5) is 28.7. The van der Waals surface area contributed by atoms with E-state index in [1.807, 2.05) is 63.1 Å². The molecule has 11 heteroatoms. The van der Waals surface area contributed by atoms with Crippen LogP contribution in [-0.2, 0) is 4.74 Å². The van der Waals surface area contributed by atoms with Crippen molar-refractivity contribution in [3.8, 4) is 22.9 Å². The summed E-state index contributed by atoms with van der Waals surface area (Å²) in [5.74, 6) is -0.115.